The summed E-state index contributed by atoms with van der Waals surface area (Å²) in [4.78, 5) is 15.1. The summed E-state index contributed by atoms with van der Waals surface area (Å²) in [6.07, 6.45) is 3.82. The van der Waals surface area contributed by atoms with Crippen molar-refractivity contribution in [3.8, 4) is 0 Å². The van der Waals surface area contributed by atoms with Crippen LogP contribution in [0.25, 0.3) is 5.57 Å². The van der Waals surface area contributed by atoms with Crippen LogP contribution < -0.4 is 0 Å². The van der Waals surface area contributed by atoms with Crippen LogP contribution in [-0.2, 0) is 4.79 Å². The molecule has 12 heavy (non-hydrogen) atoms. The largest absolute Gasteiger partial charge is 0.294 e. The molecule has 0 bridgehead atoms. The molecule has 0 atom stereocenters. The molecule has 0 aliphatic carbocycles. The smallest absolute Gasteiger partial charge is 0.162 e. The molecular weight excluding hydrogens is 150 g/mol. The van der Waals surface area contributed by atoms with Crippen LogP contribution in [0.1, 0.15) is 18.9 Å². The van der Waals surface area contributed by atoms with Crippen LogP contribution in [0.3, 0.4) is 0 Å². The minimum atomic E-state index is 0.0722. The first-order valence-corrected chi connectivity index (χ1v) is 3.88. The van der Waals surface area contributed by atoms with Gasteiger partial charge in [-0.3, -0.25) is 9.78 Å². The Morgan fingerprint density at radius 3 is 2.92 bits per heavy atom. The highest BCUT2D eigenvalue weighted by atomic mass is 16.1. The van der Waals surface area contributed by atoms with Gasteiger partial charge in [-0.05, 0) is 6.07 Å². The quantitative estimate of drug-likeness (QED) is 0.635. The molecule has 1 rings (SSSR count). The van der Waals surface area contributed by atoms with Crippen LogP contribution in [0.4, 0.5) is 0 Å². The third-order valence-electron chi connectivity index (χ3n) is 1.67. The van der Waals surface area contributed by atoms with Crippen molar-refractivity contribution in [2.24, 2.45) is 0 Å². The second-order valence-corrected chi connectivity index (χ2v) is 2.50. The number of nitrogens with zero attached hydrogens (tertiary/aromatic N) is 1. The zero-order valence-electron chi connectivity index (χ0n) is 7.08. The molecule has 0 amide bonds. The predicted octanol–water partition coefficient (Wildman–Crippen LogP) is 2.07. The van der Waals surface area contributed by atoms with Gasteiger partial charge in [0.15, 0.2) is 5.78 Å². The molecule has 0 saturated carbocycles. The van der Waals surface area contributed by atoms with Gasteiger partial charge in [-0.2, -0.15) is 0 Å². The molecular formula is C10H11NO. The molecule has 0 aromatic carbocycles. The lowest BCUT2D eigenvalue weighted by atomic mass is 10.0. The van der Waals surface area contributed by atoms with Gasteiger partial charge >= 0.3 is 0 Å². The number of allylic oxidation sites excluding steroid dienone is 1. The van der Waals surface area contributed by atoms with Gasteiger partial charge in [0, 0.05) is 30.0 Å². The van der Waals surface area contributed by atoms with E-state index in [1.54, 1.807) is 18.5 Å². The average Bonchev–Trinajstić information content (AvgIpc) is 2.17. The minimum absolute atomic E-state index is 0.0722. The van der Waals surface area contributed by atoms with E-state index >= 15 is 0 Å². The van der Waals surface area contributed by atoms with Crippen molar-refractivity contribution in [3.63, 3.8) is 0 Å². The third-order valence-corrected chi connectivity index (χ3v) is 1.67. The molecule has 0 unspecified atom stereocenters. The summed E-state index contributed by atoms with van der Waals surface area (Å²) < 4.78 is 0. The summed E-state index contributed by atoms with van der Waals surface area (Å²) in [6.45, 7) is 5.53. The first-order chi connectivity index (χ1) is 5.75. The van der Waals surface area contributed by atoms with E-state index in [9.17, 15) is 4.79 Å². The molecule has 0 radical (unpaired) electrons. The van der Waals surface area contributed by atoms with Crippen molar-refractivity contribution in [1.82, 2.24) is 4.98 Å². The fraction of sp³-hybridized carbons (Fsp3) is 0.200. The fourth-order valence-corrected chi connectivity index (χ4v) is 0.916. The highest BCUT2D eigenvalue weighted by Gasteiger charge is 2.05. The number of carbonyl (C=O) groups is 1. The van der Waals surface area contributed by atoms with Gasteiger partial charge in [-0.15, -0.1) is 0 Å². The van der Waals surface area contributed by atoms with Crippen LogP contribution in [0.2, 0.25) is 0 Å². The average molecular weight is 161 g/mol. The van der Waals surface area contributed by atoms with Gasteiger partial charge in [0.2, 0.25) is 0 Å². The molecule has 1 heterocycles. The van der Waals surface area contributed by atoms with Crippen molar-refractivity contribution in [3.05, 3.63) is 36.7 Å². The van der Waals surface area contributed by atoms with Gasteiger partial charge in [0.05, 0.1) is 0 Å². The van der Waals surface area contributed by atoms with Gasteiger partial charge in [0.25, 0.3) is 0 Å². The maximum absolute atomic E-state index is 11.2. The van der Waals surface area contributed by atoms with E-state index in [1.165, 1.54) is 0 Å². The van der Waals surface area contributed by atoms with E-state index < -0.39 is 0 Å². The van der Waals surface area contributed by atoms with Crippen molar-refractivity contribution in [1.29, 1.82) is 0 Å². The Hall–Kier alpha value is -1.44. The number of aromatic nitrogens is 1. The number of hydrogen-bond acceptors (Lipinski definition) is 2. The van der Waals surface area contributed by atoms with Crippen molar-refractivity contribution < 1.29 is 4.79 Å². The Morgan fingerprint density at radius 2 is 2.42 bits per heavy atom. The molecule has 0 aliphatic heterocycles. The molecule has 62 valence electrons. The molecule has 1 aromatic heterocycles. The SMILES string of the molecule is C=C(C(=O)CC)c1cccnc1. The van der Waals surface area contributed by atoms with Gasteiger partial charge in [0.1, 0.15) is 0 Å². The number of hydrogen-bond donors (Lipinski definition) is 0. The number of Topliss-reactive ketones (excluding diaryl/α,β-unsaturated/α-hetero) is 1. The van der Waals surface area contributed by atoms with E-state index in [-0.39, 0.29) is 5.78 Å². The molecule has 0 saturated heterocycles. The molecule has 0 N–H and O–H groups in total. The van der Waals surface area contributed by atoms with Gasteiger partial charge in [-0.1, -0.05) is 19.6 Å². The zero-order chi connectivity index (χ0) is 8.97. The Bertz CT molecular complexity index is 290. The standard InChI is InChI=1S/C10H11NO/c1-3-10(12)8(2)9-5-4-6-11-7-9/h4-7H,2-3H2,1H3. The lowest BCUT2D eigenvalue weighted by Gasteiger charge is -2.00. The van der Waals surface area contributed by atoms with E-state index in [4.69, 9.17) is 0 Å². The molecule has 2 nitrogen and oxygen atoms in total. The topological polar surface area (TPSA) is 30.0 Å². The Balaban J connectivity index is 2.86. The van der Waals surface area contributed by atoms with E-state index in [0.717, 1.165) is 5.56 Å². The summed E-state index contributed by atoms with van der Waals surface area (Å²) in [5, 5.41) is 0. The first kappa shape index (κ1) is 8.65. The van der Waals surface area contributed by atoms with E-state index in [1.807, 2.05) is 13.0 Å². The number of pyridine rings is 1. The second-order valence-electron chi connectivity index (χ2n) is 2.50. The van der Waals surface area contributed by atoms with Crippen molar-refractivity contribution in [2.45, 2.75) is 13.3 Å². The molecule has 0 aliphatic rings. The third kappa shape index (κ3) is 1.78. The lowest BCUT2D eigenvalue weighted by molar-refractivity contribution is -0.113. The monoisotopic (exact) mass is 161 g/mol. The Kier molecular flexibility index (Phi) is 2.75. The maximum Gasteiger partial charge on any atom is 0.162 e. The fourth-order valence-electron chi connectivity index (χ4n) is 0.916. The number of rotatable bonds is 3. The van der Waals surface area contributed by atoms with E-state index in [0.29, 0.717) is 12.0 Å². The van der Waals surface area contributed by atoms with Crippen molar-refractivity contribution >= 4 is 11.4 Å². The van der Waals surface area contributed by atoms with E-state index in [2.05, 4.69) is 11.6 Å². The van der Waals surface area contributed by atoms with Crippen LogP contribution in [0.5, 0.6) is 0 Å². The number of carbonyl (C=O) groups excluding carboxylic acids is 1. The number of ketones is 1. The van der Waals surface area contributed by atoms with Crippen molar-refractivity contribution in [2.75, 3.05) is 0 Å². The van der Waals surface area contributed by atoms with Gasteiger partial charge < -0.3 is 0 Å². The van der Waals surface area contributed by atoms with Crippen LogP contribution in [0.15, 0.2) is 31.1 Å². The zero-order valence-corrected chi connectivity index (χ0v) is 7.08. The van der Waals surface area contributed by atoms with Crippen LogP contribution in [-0.4, -0.2) is 10.8 Å². The summed E-state index contributed by atoms with van der Waals surface area (Å²) >= 11 is 0. The van der Waals surface area contributed by atoms with Crippen LogP contribution >= 0.6 is 0 Å². The summed E-state index contributed by atoms with van der Waals surface area (Å²) in [5.41, 5.74) is 1.36. The van der Waals surface area contributed by atoms with Gasteiger partial charge in [-0.25, -0.2) is 0 Å². The Morgan fingerprint density at radius 1 is 1.67 bits per heavy atom. The van der Waals surface area contributed by atoms with Crippen LogP contribution in [0, 0.1) is 0 Å². The summed E-state index contributed by atoms with van der Waals surface area (Å²) in [6, 6.07) is 3.63. The summed E-state index contributed by atoms with van der Waals surface area (Å²) in [7, 11) is 0. The first-order valence-electron chi connectivity index (χ1n) is 3.88. The summed E-state index contributed by atoms with van der Waals surface area (Å²) in [5.74, 6) is 0.0722. The molecule has 2 heteroatoms. The Labute approximate surface area is 71.9 Å². The highest BCUT2D eigenvalue weighted by molar-refractivity contribution is 6.19. The maximum atomic E-state index is 11.2. The molecule has 1 aromatic rings. The predicted molar refractivity (Wildman–Crippen MR) is 48.6 cm³/mol. The minimum Gasteiger partial charge on any atom is -0.294 e. The molecule has 0 fully saturated rings. The highest BCUT2D eigenvalue weighted by Crippen LogP contribution is 2.12. The normalized spacial score (nSPS) is 9.42. The lowest BCUT2D eigenvalue weighted by Crippen LogP contribution is -1.98. The second kappa shape index (κ2) is 3.81. The molecule has 0 spiro atoms.